The van der Waals surface area contributed by atoms with Crippen LogP contribution in [-0.2, 0) is 14.3 Å². The van der Waals surface area contributed by atoms with E-state index in [0.29, 0.717) is 12.3 Å². The maximum absolute atomic E-state index is 11.6. The molecule has 1 rings (SSSR count). The van der Waals surface area contributed by atoms with Crippen molar-refractivity contribution in [1.29, 1.82) is 0 Å². The lowest BCUT2D eigenvalue weighted by atomic mass is 9.73. The van der Waals surface area contributed by atoms with Gasteiger partial charge in [0.2, 0.25) is 0 Å². The smallest absolute Gasteiger partial charge is 0.316 e. The highest BCUT2D eigenvalue weighted by Gasteiger charge is 2.39. The van der Waals surface area contributed by atoms with Crippen molar-refractivity contribution in [2.75, 3.05) is 7.11 Å². The van der Waals surface area contributed by atoms with Gasteiger partial charge in [0.15, 0.2) is 0 Å². The van der Waals surface area contributed by atoms with E-state index in [4.69, 9.17) is 0 Å². The zero-order valence-electron chi connectivity index (χ0n) is 9.08. The van der Waals surface area contributed by atoms with E-state index in [-0.39, 0.29) is 17.7 Å². The zero-order valence-corrected chi connectivity index (χ0v) is 9.08. The summed E-state index contributed by atoms with van der Waals surface area (Å²) in [6, 6.07) is 0. The number of ether oxygens (including phenoxy) is 1. The van der Waals surface area contributed by atoms with Gasteiger partial charge in [-0.2, -0.15) is 0 Å². The van der Waals surface area contributed by atoms with E-state index < -0.39 is 5.92 Å². The lowest BCUT2D eigenvalue weighted by Gasteiger charge is -2.31. The third-order valence-corrected chi connectivity index (χ3v) is 3.05. The normalized spacial score (nSPS) is 27.9. The predicted molar refractivity (Wildman–Crippen MR) is 52.7 cm³/mol. The molecule has 1 fully saturated rings. The molecule has 14 heavy (non-hydrogen) atoms. The van der Waals surface area contributed by atoms with Gasteiger partial charge in [0.25, 0.3) is 0 Å². The number of carbonyl (C=O) groups excluding carboxylic acids is 2. The molecule has 1 saturated carbocycles. The Bertz CT molecular complexity index is 225. The van der Waals surface area contributed by atoms with Crippen molar-refractivity contribution in [1.82, 2.24) is 0 Å². The first kappa shape index (κ1) is 11.2. The molecule has 0 heterocycles. The maximum Gasteiger partial charge on any atom is 0.316 e. The van der Waals surface area contributed by atoms with Gasteiger partial charge in [-0.1, -0.05) is 13.8 Å². The van der Waals surface area contributed by atoms with Gasteiger partial charge >= 0.3 is 5.97 Å². The number of Topliss-reactive ketones (excluding diaryl/α,β-unsaturated/α-hetero) is 1. The minimum atomic E-state index is -0.506. The van der Waals surface area contributed by atoms with Crippen LogP contribution < -0.4 is 0 Å². The second-order valence-electron chi connectivity index (χ2n) is 4.27. The Morgan fingerprint density at radius 1 is 1.50 bits per heavy atom. The van der Waals surface area contributed by atoms with Crippen LogP contribution in [0, 0.1) is 17.8 Å². The summed E-state index contributed by atoms with van der Waals surface area (Å²) < 4.78 is 4.68. The Balaban J connectivity index is 2.81. The van der Waals surface area contributed by atoms with Crippen LogP contribution in [0.2, 0.25) is 0 Å². The number of esters is 1. The van der Waals surface area contributed by atoms with Crippen molar-refractivity contribution in [2.45, 2.75) is 33.1 Å². The summed E-state index contributed by atoms with van der Waals surface area (Å²) in [5.74, 6) is -0.268. The van der Waals surface area contributed by atoms with Crippen LogP contribution in [0.15, 0.2) is 0 Å². The Kier molecular flexibility index (Phi) is 3.67. The monoisotopic (exact) mass is 198 g/mol. The molecule has 0 N–H and O–H groups in total. The predicted octanol–water partition coefficient (Wildman–Crippen LogP) is 1.80. The number of ketones is 1. The summed E-state index contributed by atoms with van der Waals surface area (Å²) in [6.45, 7) is 4.11. The summed E-state index contributed by atoms with van der Waals surface area (Å²) in [7, 11) is 1.35. The second-order valence-corrected chi connectivity index (χ2v) is 4.27. The molecule has 80 valence electrons. The Hall–Kier alpha value is -0.860. The Morgan fingerprint density at radius 3 is 2.64 bits per heavy atom. The van der Waals surface area contributed by atoms with Crippen LogP contribution in [0.5, 0.6) is 0 Å². The van der Waals surface area contributed by atoms with E-state index in [1.807, 2.05) is 0 Å². The third-order valence-electron chi connectivity index (χ3n) is 3.05. The lowest BCUT2D eigenvalue weighted by molar-refractivity contribution is -0.154. The number of hydrogen-bond acceptors (Lipinski definition) is 3. The van der Waals surface area contributed by atoms with Crippen LogP contribution in [0.1, 0.15) is 33.1 Å². The highest BCUT2D eigenvalue weighted by molar-refractivity contribution is 5.99. The largest absolute Gasteiger partial charge is 0.468 e. The average Bonchev–Trinajstić information content (AvgIpc) is 2.16. The van der Waals surface area contributed by atoms with Gasteiger partial charge in [-0.05, 0) is 24.7 Å². The third kappa shape index (κ3) is 2.14. The van der Waals surface area contributed by atoms with Crippen LogP contribution in [0.3, 0.4) is 0 Å². The zero-order chi connectivity index (χ0) is 10.7. The van der Waals surface area contributed by atoms with Crippen molar-refractivity contribution < 1.29 is 14.3 Å². The van der Waals surface area contributed by atoms with E-state index in [1.165, 1.54) is 7.11 Å². The fourth-order valence-corrected chi connectivity index (χ4v) is 2.22. The summed E-state index contributed by atoms with van der Waals surface area (Å²) in [5, 5.41) is 0. The highest BCUT2D eigenvalue weighted by atomic mass is 16.5. The SMILES string of the molecule is COC(=O)C1C(=O)CCCC1C(C)C. The molecule has 3 heteroatoms. The van der Waals surface area contributed by atoms with Crippen LogP contribution in [0.4, 0.5) is 0 Å². The van der Waals surface area contributed by atoms with Gasteiger partial charge in [0.05, 0.1) is 7.11 Å². The molecule has 3 nitrogen and oxygen atoms in total. The molecule has 2 atom stereocenters. The van der Waals surface area contributed by atoms with E-state index >= 15 is 0 Å². The summed E-state index contributed by atoms with van der Waals surface area (Å²) in [6.07, 6.45) is 2.40. The van der Waals surface area contributed by atoms with Gasteiger partial charge in [-0.25, -0.2) is 0 Å². The molecule has 0 aliphatic heterocycles. The van der Waals surface area contributed by atoms with Crippen LogP contribution in [0.25, 0.3) is 0 Å². The number of methoxy groups -OCH3 is 1. The Labute approximate surface area is 84.8 Å². The Morgan fingerprint density at radius 2 is 2.14 bits per heavy atom. The molecule has 0 aromatic rings. The number of hydrogen-bond donors (Lipinski definition) is 0. The van der Waals surface area contributed by atoms with Crippen molar-refractivity contribution >= 4 is 11.8 Å². The quantitative estimate of drug-likeness (QED) is 0.502. The first-order valence-corrected chi connectivity index (χ1v) is 5.18. The van der Waals surface area contributed by atoms with E-state index in [2.05, 4.69) is 18.6 Å². The minimum absolute atomic E-state index is 0.0572. The van der Waals surface area contributed by atoms with Crippen molar-refractivity contribution in [3.8, 4) is 0 Å². The number of rotatable bonds is 2. The molecule has 0 spiro atoms. The fraction of sp³-hybridized carbons (Fsp3) is 0.818. The summed E-state index contributed by atoms with van der Waals surface area (Å²) in [5.41, 5.74) is 0. The highest BCUT2D eigenvalue weighted by Crippen LogP contribution is 2.33. The van der Waals surface area contributed by atoms with E-state index in [9.17, 15) is 9.59 Å². The van der Waals surface area contributed by atoms with E-state index in [1.54, 1.807) is 0 Å². The molecule has 0 aromatic carbocycles. The van der Waals surface area contributed by atoms with Gasteiger partial charge in [0, 0.05) is 6.42 Å². The molecular weight excluding hydrogens is 180 g/mol. The molecule has 1 aliphatic rings. The topological polar surface area (TPSA) is 43.4 Å². The van der Waals surface area contributed by atoms with Crippen molar-refractivity contribution in [3.63, 3.8) is 0 Å². The maximum atomic E-state index is 11.6. The molecular formula is C11H18O3. The van der Waals surface area contributed by atoms with Crippen molar-refractivity contribution in [3.05, 3.63) is 0 Å². The minimum Gasteiger partial charge on any atom is -0.468 e. The van der Waals surface area contributed by atoms with Crippen LogP contribution >= 0.6 is 0 Å². The first-order chi connectivity index (χ1) is 6.57. The lowest BCUT2D eigenvalue weighted by Crippen LogP contribution is -2.38. The van der Waals surface area contributed by atoms with Gasteiger partial charge < -0.3 is 4.74 Å². The molecule has 0 saturated heterocycles. The molecule has 2 unspecified atom stereocenters. The molecule has 0 radical (unpaired) electrons. The summed E-state index contributed by atoms with van der Waals surface area (Å²) in [4.78, 5) is 23.1. The van der Waals surface area contributed by atoms with Crippen molar-refractivity contribution in [2.24, 2.45) is 17.8 Å². The van der Waals surface area contributed by atoms with Crippen LogP contribution in [-0.4, -0.2) is 18.9 Å². The fourth-order valence-electron chi connectivity index (χ4n) is 2.22. The summed E-state index contributed by atoms with van der Waals surface area (Å²) >= 11 is 0. The molecule has 1 aliphatic carbocycles. The second kappa shape index (κ2) is 4.58. The first-order valence-electron chi connectivity index (χ1n) is 5.18. The van der Waals surface area contributed by atoms with Gasteiger partial charge in [-0.15, -0.1) is 0 Å². The van der Waals surface area contributed by atoms with Gasteiger partial charge in [0.1, 0.15) is 11.7 Å². The van der Waals surface area contributed by atoms with Gasteiger partial charge in [-0.3, -0.25) is 9.59 Å². The molecule has 0 bridgehead atoms. The molecule has 0 aromatic heterocycles. The standard InChI is InChI=1S/C11H18O3/c1-7(2)8-5-4-6-9(12)10(8)11(13)14-3/h7-8,10H,4-6H2,1-3H3. The number of carbonyl (C=O) groups is 2. The average molecular weight is 198 g/mol. The molecule has 0 amide bonds. The van der Waals surface area contributed by atoms with E-state index in [0.717, 1.165) is 12.8 Å².